The van der Waals surface area contributed by atoms with Crippen LogP contribution in [0.3, 0.4) is 0 Å². The molecule has 1 aliphatic carbocycles. The number of aliphatic hydroxyl groups is 1. The number of amides is 1. The van der Waals surface area contributed by atoms with Gasteiger partial charge in [-0.3, -0.25) is 9.59 Å². The minimum atomic E-state index is -1.55. The Morgan fingerprint density at radius 1 is 1.32 bits per heavy atom. The average molecular weight is 353 g/mol. The van der Waals surface area contributed by atoms with Gasteiger partial charge in [0, 0.05) is 0 Å². The van der Waals surface area contributed by atoms with Gasteiger partial charge in [-0.15, -0.1) is 0 Å². The average Bonchev–Trinajstić information content (AvgIpc) is 2.53. The van der Waals surface area contributed by atoms with Crippen LogP contribution in [0.1, 0.15) is 50.4 Å². The second-order valence-electron chi connectivity index (χ2n) is 7.39. The van der Waals surface area contributed by atoms with Gasteiger partial charge in [-0.25, -0.2) is 8.78 Å². The van der Waals surface area contributed by atoms with E-state index < -0.39 is 41.0 Å². The third-order valence-electron chi connectivity index (χ3n) is 5.08. The number of rotatable bonds is 5. The van der Waals surface area contributed by atoms with Crippen LogP contribution in [0.2, 0.25) is 0 Å². The second-order valence-corrected chi connectivity index (χ2v) is 7.39. The molecule has 0 heterocycles. The smallest absolute Gasteiger partial charge is 0.252 e. The number of carbonyl (C=O) groups excluding carboxylic acids is 2. The van der Waals surface area contributed by atoms with Gasteiger partial charge >= 0.3 is 0 Å². The third kappa shape index (κ3) is 4.24. The molecule has 6 heteroatoms. The third-order valence-corrected chi connectivity index (χ3v) is 5.08. The fourth-order valence-electron chi connectivity index (χ4n) is 3.75. The molecule has 0 aliphatic heterocycles. The molecule has 0 radical (unpaired) electrons. The lowest BCUT2D eigenvalue weighted by molar-refractivity contribution is -0.155. The molecule has 0 bridgehead atoms. The molecule has 25 heavy (non-hydrogen) atoms. The minimum Gasteiger partial charge on any atom is -0.380 e. The van der Waals surface area contributed by atoms with Crippen LogP contribution >= 0.6 is 0 Å². The summed E-state index contributed by atoms with van der Waals surface area (Å²) in [7, 11) is 0. The topological polar surface area (TPSA) is 66.4 Å². The highest BCUT2D eigenvalue weighted by Gasteiger charge is 2.48. The highest BCUT2D eigenvalue weighted by atomic mass is 19.1. The molecule has 2 rings (SSSR count). The maximum atomic E-state index is 13.6. The van der Waals surface area contributed by atoms with Crippen molar-refractivity contribution in [2.45, 2.75) is 45.6 Å². The molecule has 1 saturated carbocycles. The van der Waals surface area contributed by atoms with Crippen LogP contribution in [0.5, 0.6) is 0 Å². The molecule has 1 aromatic carbocycles. The van der Waals surface area contributed by atoms with Crippen molar-refractivity contribution in [3.8, 4) is 0 Å². The van der Waals surface area contributed by atoms with Crippen LogP contribution in [0.4, 0.5) is 8.78 Å². The zero-order chi connectivity index (χ0) is 18.8. The lowest BCUT2D eigenvalue weighted by atomic mass is 9.66. The standard InChI is InChI=1S/C19H25F2NO3/c1-11(2)15-6-4-12(3)9-19(15,25)18(24)22-10-17(23)14-8-13(20)5-7-16(14)21/h5,7-8,11-12,15,25H,4,6,9-10H2,1-3H3,(H,22,24). The molecule has 0 aromatic heterocycles. The Morgan fingerprint density at radius 3 is 2.64 bits per heavy atom. The van der Waals surface area contributed by atoms with E-state index in [0.29, 0.717) is 6.42 Å². The zero-order valence-electron chi connectivity index (χ0n) is 14.8. The number of benzene rings is 1. The Balaban J connectivity index is 2.09. The molecular formula is C19H25F2NO3. The summed E-state index contributed by atoms with van der Waals surface area (Å²) in [5, 5.41) is 13.4. The number of Topliss-reactive ketones (excluding diaryl/α,β-unsaturated/α-hetero) is 1. The number of halogens is 2. The molecule has 0 saturated heterocycles. The maximum absolute atomic E-state index is 13.6. The Morgan fingerprint density at radius 2 is 2.00 bits per heavy atom. The summed E-state index contributed by atoms with van der Waals surface area (Å²) in [5.74, 6) is -2.82. The van der Waals surface area contributed by atoms with Crippen molar-refractivity contribution in [2.24, 2.45) is 17.8 Å². The molecule has 1 fully saturated rings. The van der Waals surface area contributed by atoms with Crippen molar-refractivity contribution in [2.75, 3.05) is 6.54 Å². The van der Waals surface area contributed by atoms with Crippen molar-refractivity contribution in [3.05, 3.63) is 35.4 Å². The lowest BCUT2D eigenvalue weighted by Crippen LogP contribution is -2.57. The molecule has 3 unspecified atom stereocenters. The molecule has 1 aliphatic rings. The number of hydrogen-bond donors (Lipinski definition) is 2. The van der Waals surface area contributed by atoms with Gasteiger partial charge in [0.05, 0.1) is 12.1 Å². The van der Waals surface area contributed by atoms with Crippen LogP contribution in [0, 0.1) is 29.4 Å². The summed E-state index contributed by atoms with van der Waals surface area (Å²) in [4.78, 5) is 24.7. The lowest BCUT2D eigenvalue weighted by Gasteiger charge is -2.43. The Bertz CT molecular complexity index is 662. The highest BCUT2D eigenvalue weighted by Crippen LogP contribution is 2.41. The SMILES string of the molecule is CC1CCC(C(C)C)C(O)(C(=O)NCC(=O)c2cc(F)ccc2F)C1. The molecule has 138 valence electrons. The molecule has 0 spiro atoms. The second kappa shape index (κ2) is 7.60. The number of hydrogen-bond acceptors (Lipinski definition) is 3. The first kappa shape index (κ1) is 19.5. The number of nitrogens with one attached hydrogen (secondary N) is 1. The maximum Gasteiger partial charge on any atom is 0.252 e. The van der Waals surface area contributed by atoms with Gasteiger partial charge in [0.2, 0.25) is 0 Å². The monoisotopic (exact) mass is 353 g/mol. The predicted octanol–water partition coefficient (Wildman–Crippen LogP) is 3.09. The Labute approximate surface area is 146 Å². The van der Waals surface area contributed by atoms with E-state index in [1.54, 1.807) is 0 Å². The van der Waals surface area contributed by atoms with Crippen molar-refractivity contribution in [3.63, 3.8) is 0 Å². The van der Waals surface area contributed by atoms with E-state index in [-0.39, 0.29) is 17.8 Å². The minimum absolute atomic E-state index is 0.111. The van der Waals surface area contributed by atoms with Crippen molar-refractivity contribution in [1.82, 2.24) is 5.32 Å². The van der Waals surface area contributed by atoms with Gasteiger partial charge in [0.25, 0.3) is 5.91 Å². The fraction of sp³-hybridized carbons (Fsp3) is 0.579. The van der Waals surface area contributed by atoms with Crippen molar-refractivity contribution >= 4 is 11.7 Å². The summed E-state index contributed by atoms with van der Waals surface area (Å²) in [5.41, 5.74) is -1.96. The quantitative estimate of drug-likeness (QED) is 0.800. The van der Waals surface area contributed by atoms with Crippen LogP contribution in [0.25, 0.3) is 0 Å². The van der Waals surface area contributed by atoms with Crippen LogP contribution in [-0.4, -0.2) is 28.9 Å². The van der Waals surface area contributed by atoms with Gasteiger partial charge in [-0.05, 0) is 48.8 Å². The van der Waals surface area contributed by atoms with Gasteiger partial charge in [-0.1, -0.05) is 27.2 Å². The number of ketones is 1. The van der Waals surface area contributed by atoms with Gasteiger partial charge < -0.3 is 10.4 Å². The first-order chi connectivity index (χ1) is 11.6. The van der Waals surface area contributed by atoms with E-state index >= 15 is 0 Å². The van der Waals surface area contributed by atoms with E-state index in [1.165, 1.54) is 0 Å². The van der Waals surface area contributed by atoms with E-state index in [9.17, 15) is 23.5 Å². The van der Waals surface area contributed by atoms with E-state index in [0.717, 1.165) is 31.0 Å². The van der Waals surface area contributed by atoms with Crippen LogP contribution < -0.4 is 5.32 Å². The first-order valence-corrected chi connectivity index (χ1v) is 8.64. The Hall–Kier alpha value is -1.82. The highest BCUT2D eigenvalue weighted by molar-refractivity contribution is 6.00. The molecule has 3 atom stereocenters. The largest absolute Gasteiger partial charge is 0.380 e. The zero-order valence-corrected chi connectivity index (χ0v) is 14.8. The Kier molecular flexibility index (Phi) is 5.93. The molecule has 2 N–H and O–H groups in total. The molecular weight excluding hydrogens is 328 g/mol. The molecule has 4 nitrogen and oxygen atoms in total. The van der Waals surface area contributed by atoms with E-state index in [2.05, 4.69) is 5.32 Å². The van der Waals surface area contributed by atoms with Gasteiger partial charge in [0.1, 0.15) is 17.2 Å². The normalized spacial score (nSPS) is 26.5. The van der Waals surface area contributed by atoms with Gasteiger partial charge in [0.15, 0.2) is 5.78 Å². The van der Waals surface area contributed by atoms with Gasteiger partial charge in [-0.2, -0.15) is 0 Å². The summed E-state index contributed by atoms with van der Waals surface area (Å²) in [6.45, 7) is 5.39. The van der Waals surface area contributed by atoms with Crippen molar-refractivity contribution in [1.29, 1.82) is 0 Å². The van der Waals surface area contributed by atoms with Crippen LogP contribution in [0.15, 0.2) is 18.2 Å². The number of carbonyl (C=O) groups is 2. The van der Waals surface area contributed by atoms with Crippen molar-refractivity contribution < 1.29 is 23.5 Å². The first-order valence-electron chi connectivity index (χ1n) is 8.64. The summed E-state index contributed by atoms with van der Waals surface area (Å²) in [6.07, 6.45) is 1.99. The molecule has 1 aromatic rings. The van der Waals surface area contributed by atoms with E-state index in [1.807, 2.05) is 20.8 Å². The molecule has 1 amide bonds. The van der Waals surface area contributed by atoms with Crippen LogP contribution in [-0.2, 0) is 4.79 Å². The van der Waals surface area contributed by atoms with E-state index in [4.69, 9.17) is 0 Å². The summed E-state index contributed by atoms with van der Waals surface area (Å²) < 4.78 is 26.8. The summed E-state index contributed by atoms with van der Waals surface area (Å²) >= 11 is 0. The predicted molar refractivity (Wildman–Crippen MR) is 90.0 cm³/mol. The summed E-state index contributed by atoms with van der Waals surface area (Å²) in [6, 6.07) is 2.59. The fourth-order valence-corrected chi connectivity index (χ4v) is 3.75.